The molecule has 0 saturated carbocycles. The minimum absolute atomic E-state index is 0.150. The summed E-state index contributed by atoms with van der Waals surface area (Å²) in [6.07, 6.45) is -1.78. The number of unbranched alkanes of at least 4 members (excludes halogenated alkanes) is 1. The summed E-state index contributed by atoms with van der Waals surface area (Å²) < 4.78 is 55.1. The number of hydrogen-bond acceptors (Lipinski definition) is 3. The highest BCUT2D eigenvalue weighted by Gasteiger charge is 2.43. The highest BCUT2D eigenvalue weighted by molar-refractivity contribution is 6.55. The summed E-state index contributed by atoms with van der Waals surface area (Å²) in [5, 5.41) is -2.00. The van der Waals surface area contributed by atoms with E-state index < -0.39 is 17.7 Å². The van der Waals surface area contributed by atoms with E-state index in [-0.39, 0.29) is 24.1 Å². The van der Waals surface area contributed by atoms with Gasteiger partial charge < -0.3 is 14.2 Å². The van der Waals surface area contributed by atoms with Crippen LogP contribution < -0.4 is 9.47 Å². The van der Waals surface area contributed by atoms with Crippen molar-refractivity contribution in [2.45, 2.75) is 64.1 Å². The Hall–Kier alpha value is -0.820. The number of alkyl halides is 4. The molecule has 3 nitrogen and oxygen atoms in total. The quantitative estimate of drug-likeness (QED) is 0.213. The molecule has 0 saturated heterocycles. The fraction of sp³-hybridized carbons (Fsp3) is 0.619. The maximum absolute atomic E-state index is 12.7. The van der Waals surface area contributed by atoms with E-state index in [1.807, 2.05) is 26.0 Å². The molecule has 1 aromatic rings. The van der Waals surface area contributed by atoms with E-state index in [1.54, 1.807) is 13.0 Å². The second-order valence-electron chi connectivity index (χ2n) is 6.70. The molecule has 2 unspecified atom stereocenters. The lowest BCUT2D eigenvalue weighted by atomic mass is 10.1. The van der Waals surface area contributed by atoms with E-state index >= 15 is 0 Å². The van der Waals surface area contributed by atoms with Crippen molar-refractivity contribution in [3.63, 3.8) is 0 Å². The second-order valence-corrected chi connectivity index (χ2v) is 8.18. The summed E-state index contributed by atoms with van der Waals surface area (Å²) in [5.74, 6) is 1.49. The van der Waals surface area contributed by atoms with Crippen molar-refractivity contribution in [1.82, 2.24) is 0 Å². The zero-order valence-corrected chi connectivity index (χ0v) is 19.6. The van der Waals surface area contributed by atoms with E-state index in [0.29, 0.717) is 25.2 Å². The van der Waals surface area contributed by atoms with Crippen LogP contribution in [0.2, 0.25) is 0 Å². The van der Waals surface area contributed by atoms with Crippen LogP contribution in [-0.2, 0) is 11.2 Å². The molecule has 0 bridgehead atoms. The first kappa shape index (κ1) is 27.2. The minimum atomic E-state index is -4.47. The molecule has 0 aliphatic carbocycles. The van der Waals surface area contributed by atoms with Gasteiger partial charge in [0.2, 0.25) is 0 Å². The van der Waals surface area contributed by atoms with Gasteiger partial charge >= 0.3 is 6.18 Å². The summed E-state index contributed by atoms with van der Waals surface area (Å²) >= 11 is 16.6. The summed E-state index contributed by atoms with van der Waals surface area (Å²) in [6, 6.07) is 3.78. The Bertz CT molecular complexity index is 677. The Morgan fingerprint density at radius 2 is 1.77 bits per heavy atom. The molecule has 0 N–H and O–H groups in total. The lowest BCUT2D eigenvalue weighted by Crippen LogP contribution is -2.36. The van der Waals surface area contributed by atoms with Gasteiger partial charge in [-0.15, -0.1) is 11.6 Å². The molecule has 1 rings (SSSR count). The van der Waals surface area contributed by atoms with Crippen LogP contribution in [0.1, 0.15) is 44.2 Å². The molecule has 0 fully saturated rings. The van der Waals surface area contributed by atoms with E-state index in [4.69, 9.17) is 49.0 Å². The Morgan fingerprint density at radius 3 is 2.33 bits per heavy atom. The van der Waals surface area contributed by atoms with E-state index in [1.165, 1.54) is 0 Å². The van der Waals surface area contributed by atoms with Crippen molar-refractivity contribution < 1.29 is 27.4 Å². The van der Waals surface area contributed by atoms with Gasteiger partial charge in [0.1, 0.15) is 22.6 Å². The largest absolute Gasteiger partial charge is 0.493 e. The SMILES string of the molecule is CCc1cc(OCC=C(Cl)Cl)cc(C)c1OCCCCOC(CC)C(Cl)C(F)(F)F. The Balaban J connectivity index is 2.50. The molecule has 172 valence electrons. The molecule has 0 amide bonds. The average molecular weight is 492 g/mol. The molecule has 0 aromatic heterocycles. The minimum Gasteiger partial charge on any atom is -0.493 e. The van der Waals surface area contributed by atoms with E-state index in [9.17, 15) is 13.2 Å². The number of rotatable bonds is 13. The molecular weight excluding hydrogens is 464 g/mol. The maximum atomic E-state index is 12.7. The van der Waals surface area contributed by atoms with Gasteiger partial charge in [0, 0.05) is 6.61 Å². The number of hydrogen-bond donors (Lipinski definition) is 0. The molecule has 1 aromatic carbocycles. The van der Waals surface area contributed by atoms with Crippen LogP contribution in [0, 0.1) is 6.92 Å². The summed E-state index contributed by atoms with van der Waals surface area (Å²) in [7, 11) is 0. The van der Waals surface area contributed by atoms with Crippen LogP contribution in [0.3, 0.4) is 0 Å². The number of ether oxygens (including phenoxy) is 3. The Kier molecular flexibility index (Phi) is 12.3. The third-order valence-electron chi connectivity index (χ3n) is 4.35. The lowest BCUT2D eigenvalue weighted by molar-refractivity contribution is -0.156. The zero-order chi connectivity index (χ0) is 22.7. The van der Waals surface area contributed by atoms with Gasteiger partial charge in [-0.05, 0) is 61.9 Å². The Morgan fingerprint density at radius 1 is 1.10 bits per heavy atom. The highest BCUT2D eigenvalue weighted by atomic mass is 35.5. The smallest absolute Gasteiger partial charge is 0.407 e. The molecule has 0 aliphatic rings. The predicted octanol–water partition coefficient (Wildman–Crippen LogP) is 7.38. The molecule has 0 aliphatic heterocycles. The molecule has 30 heavy (non-hydrogen) atoms. The van der Waals surface area contributed by atoms with Crippen LogP contribution >= 0.6 is 34.8 Å². The third-order valence-corrected chi connectivity index (χ3v) is 5.19. The van der Waals surface area contributed by atoms with Crippen molar-refractivity contribution in [1.29, 1.82) is 0 Å². The van der Waals surface area contributed by atoms with Crippen LogP contribution in [0.25, 0.3) is 0 Å². The van der Waals surface area contributed by atoms with Crippen molar-refractivity contribution in [3.8, 4) is 11.5 Å². The van der Waals surface area contributed by atoms with Crippen LogP contribution in [0.5, 0.6) is 11.5 Å². The van der Waals surface area contributed by atoms with Gasteiger partial charge in [-0.1, -0.05) is 37.0 Å². The second kappa shape index (κ2) is 13.6. The first-order chi connectivity index (χ1) is 14.1. The number of halogens is 6. The standard InChI is InChI=1S/C21H28Cl3F3O3/c1-4-15-13-16(28-11-8-18(22)23)12-14(3)19(15)30-10-7-6-9-29-17(5-2)20(24)21(25,26)27/h8,12-13,17,20H,4-7,9-11H2,1-3H3. The lowest BCUT2D eigenvalue weighted by Gasteiger charge is -2.23. The van der Waals surface area contributed by atoms with Gasteiger partial charge in [0.05, 0.1) is 12.7 Å². The average Bonchev–Trinajstić information content (AvgIpc) is 2.66. The summed E-state index contributed by atoms with van der Waals surface area (Å²) in [5.41, 5.74) is 1.94. The van der Waals surface area contributed by atoms with Crippen molar-refractivity contribution >= 4 is 34.8 Å². The molecule has 0 heterocycles. The fourth-order valence-electron chi connectivity index (χ4n) is 2.80. The normalized spacial score (nSPS) is 13.6. The van der Waals surface area contributed by atoms with Gasteiger partial charge in [-0.25, -0.2) is 0 Å². The first-order valence-corrected chi connectivity index (χ1v) is 11.0. The Labute approximate surface area is 191 Å². The van der Waals surface area contributed by atoms with Crippen LogP contribution in [-0.4, -0.2) is 37.5 Å². The molecule has 0 radical (unpaired) electrons. The van der Waals surface area contributed by atoms with Gasteiger partial charge in [-0.2, -0.15) is 13.2 Å². The third kappa shape index (κ3) is 9.54. The zero-order valence-electron chi connectivity index (χ0n) is 17.3. The molecule has 9 heteroatoms. The van der Waals surface area contributed by atoms with Crippen molar-refractivity contribution in [2.75, 3.05) is 19.8 Å². The van der Waals surface area contributed by atoms with E-state index in [2.05, 4.69) is 0 Å². The summed E-state index contributed by atoms with van der Waals surface area (Å²) in [4.78, 5) is 0. The van der Waals surface area contributed by atoms with Crippen LogP contribution in [0.4, 0.5) is 13.2 Å². The van der Waals surface area contributed by atoms with Crippen molar-refractivity contribution in [2.24, 2.45) is 0 Å². The molecule has 0 spiro atoms. The van der Waals surface area contributed by atoms with Gasteiger partial charge in [-0.3, -0.25) is 0 Å². The van der Waals surface area contributed by atoms with E-state index in [0.717, 1.165) is 23.3 Å². The van der Waals surface area contributed by atoms with Crippen LogP contribution in [0.15, 0.2) is 22.7 Å². The molecular formula is C21H28Cl3F3O3. The van der Waals surface area contributed by atoms with Gasteiger partial charge in [0.25, 0.3) is 0 Å². The topological polar surface area (TPSA) is 27.7 Å². The van der Waals surface area contributed by atoms with Gasteiger partial charge in [0.15, 0.2) is 5.38 Å². The first-order valence-electron chi connectivity index (χ1n) is 9.82. The fourth-order valence-corrected chi connectivity index (χ4v) is 3.17. The predicted molar refractivity (Wildman–Crippen MR) is 116 cm³/mol. The summed E-state index contributed by atoms with van der Waals surface area (Å²) in [6.45, 7) is 6.47. The number of benzene rings is 1. The maximum Gasteiger partial charge on any atom is 0.407 e. The monoisotopic (exact) mass is 490 g/mol. The number of aryl methyl sites for hydroxylation is 2. The highest BCUT2D eigenvalue weighted by Crippen LogP contribution is 2.31. The molecule has 2 atom stereocenters. The van der Waals surface area contributed by atoms with Crippen molar-refractivity contribution in [3.05, 3.63) is 33.8 Å².